The maximum atomic E-state index is 12.3. The van der Waals surface area contributed by atoms with Crippen LogP contribution in [0.2, 0.25) is 0 Å². The van der Waals surface area contributed by atoms with Crippen LogP contribution in [0, 0.1) is 0 Å². The highest BCUT2D eigenvalue weighted by Crippen LogP contribution is 2.19. The van der Waals surface area contributed by atoms with Gasteiger partial charge in [0.1, 0.15) is 11.3 Å². The Morgan fingerprint density at radius 3 is 2.57 bits per heavy atom. The van der Waals surface area contributed by atoms with E-state index in [0.717, 1.165) is 11.6 Å². The van der Waals surface area contributed by atoms with Crippen molar-refractivity contribution in [1.29, 1.82) is 0 Å². The normalized spacial score (nSPS) is 10.5. The summed E-state index contributed by atoms with van der Waals surface area (Å²) in [5.74, 6) is -0.856. The third kappa shape index (κ3) is 4.20. The van der Waals surface area contributed by atoms with Crippen LogP contribution in [-0.2, 0) is 16.1 Å². The van der Waals surface area contributed by atoms with Gasteiger partial charge in [0.15, 0.2) is 12.0 Å². The minimum absolute atomic E-state index is 0.246. The number of methoxy groups -OCH3 is 1. The maximum Gasteiger partial charge on any atom is 0.374 e. The quantitative estimate of drug-likeness (QED) is 0.610. The molecule has 28 heavy (non-hydrogen) atoms. The first-order valence-corrected chi connectivity index (χ1v) is 8.55. The van der Waals surface area contributed by atoms with Gasteiger partial charge in [0.2, 0.25) is 5.76 Å². The van der Waals surface area contributed by atoms with E-state index in [-0.39, 0.29) is 16.8 Å². The monoisotopic (exact) mass is 381 g/mol. The Balaban J connectivity index is 1.64. The van der Waals surface area contributed by atoms with Gasteiger partial charge in [-0.05, 0) is 18.2 Å². The lowest BCUT2D eigenvalue weighted by Gasteiger charge is -2.18. The molecule has 0 aliphatic carbocycles. The number of hydrogen-bond acceptors (Lipinski definition) is 6. The smallest absolute Gasteiger partial charge is 0.374 e. The Kier molecular flexibility index (Phi) is 5.74. The van der Waals surface area contributed by atoms with Gasteiger partial charge in [-0.3, -0.25) is 9.59 Å². The van der Waals surface area contributed by atoms with Crippen LogP contribution in [0.25, 0.3) is 11.0 Å². The van der Waals surface area contributed by atoms with Crippen molar-refractivity contribution in [2.45, 2.75) is 6.54 Å². The van der Waals surface area contributed by atoms with Gasteiger partial charge in [-0.15, -0.1) is 0 Å². The van der Waals surface area contributed by atoms with Crippen molar-refractivity contribution >= 4 is 22.8 Å². The summed E-state index contributed by atoms with van der Waals surface area (Å²) >= 11 is 0. The summed E-state index contributed by atoms with van der Waals surface area (Å²) in [6.07, 6.45) is 0. The summed E-state index contributed by atoms with van der Waals surface area (Å²) in [5.41, 5.74) is 0.752. The van der Waals surface area contributed by atoms with E-state index in [0.29, 0.717) is 17.7 Å². The topological polar surface area (TPSA) is 86.0 Å². The number of esters is 1. The van der Waals surface area contributed by atoms with E-state index < -0.39 is 18.5 Å². The van der Waals surface area contributed by atoms with E-state index in [9.17, 15) is 14.4 Å². The number of likely N-dealkylation sites (N-methyl/N-ethyl adjacent to an activating group) is 1. The highest BCUT2D eigenvalue weighted by molar-refractivity contribution is 5.90. The molecule has 0 bridgehead atoms. The predicted octanol–water partition coefficient (Wildman–Crippen LogP) is 2.62. The molecule has 3 rings (SSSR count). The summed E-state index contributed by atoms with van der Waals surface area (Å²) in [4.78, 5) is 37.9. The minimum atomic E-state index is -0.873. The molecule has 0 saturated heterocycles. The van der Waals surface area contributed by atoms with Crippen molar-refractivity contribution in [2.24, 2.45) is 0 Å². The molecule has 1 aromatic heterocycles. The first-order chi connectivity index (χ1) is 13.5. The van der Waals surface area contributed by atoms with Crippen LogP contribution in [0.4, 0.5) is 0 Å². The molecule has 7 nitrogen and oxygen atoms in total. The molecule has 7 heteroatoms. The summed E-state index contributed by atoms with van der Waals surface area (Å²) in [5, 5.41) is 0.367. The van der Waals surface area contributed by atoms with Crippen molar-refractivity contribution < 1.29 is 23.5 Å². The molecule has 0 saturated carbocycles. The molecule has 1 amide bonds. The molecule has 3 aromatic rings. The number of rotatable bonds is 6. The van der Waals surface area contributed by atoms with Crippen molar-refractivity contribution in [3.63, 3.8) is 0 Å². The Morgan fingerprint density at radius 1 is 1.07 bits per heavy atom. The Morgan fingerprint density at radius 2 is 1.79 bits per heavy atom. The van der Waals surface area contributed by atoms with Gasteiger partial charge in [0.05, 0.1) is 12.5 Å². The Labute approximate surface area is 161 Å². The number of carbonyl (C=O) groups is 2. The summed E-state index contributed by atoms with van der Waals surface area (Å²) < 4.78 is 15.7. The molecule has 0 unspecified atom stereocenters. The fourth-order valence-corrected chi connectivity index (χ4v) is 2.69. The van der Waals surface area contributed by atoms with E-state index in [1.54, 1.807) is 44.5 Å². The third-order valence-electron chi connectivity index (χ3n) is 4.19. The molecule has 0 radical (unpaired) electrons. The fraction of sp³-hybridized carbons (Fsp3) is 0.190. The van der Waals surface area contributed by atoms with Crippen LogP contribution >= 0.6 is 0 Å². The minimum Gasteiger partial charge on any atom is -0.496 e. The van der Waals surface area contributed by atoms with E-state index in [1.165, 1.54) is 4.90 Å². The number of hydrogen-bond donors (Lipinski definition) is 0. The van der Waals surface area contributed by atoms with Crippen molar-refractivity contribution in [3.05, 3.63) is 76.1 Å². The molecular formula is C21H19NO6. The second-order valence-electron chi connectivity index (χ2n) is 6.11. The van der Waals surface area contributed by atoms with E-state index in [4.69, 9.17) is 13.9 Å². The largest absolute Gasteiger partial charge is 0.496 e. The highest BCUT2D eigenvalue weighted by atomic mass is 16.5. The zero-order valence-corrected chi connectivity index (χ0v) is 15.5. The van der Waals surface area contributed by atoms with Crippen molar-refractivity contribution in [2.75, 3.05) is 20.8 Å². The lowest BCUT2D eigenvalue weighted by Crippen LogP contribution is -2.31. The second kappa shape index (κ2) is 8.39. The van der Waals surface area contributed by atoms with E-state index >= 15 is 0 Å². The molecule has 0 fully saturated rings. The zero-order valence-electron chi connectivity index (χ0n) is 15.5. The van der Waals surface area contributed by atoms with E-state index in [2.05, 4.69) is 0 Å². The van der Waals surface area contributed by atoms with Crippen LogP contribution < -0.4 is 10.2 Å². The summed E-state index contributed by atoms with van der Waals surface area (Å²) in [6, 6.07) is 15.0. The molecule has 1 heterocycles. The lowest BCUT2D eigenvalue weighted by molar-refractivity contribution is -0.133. The molecular weight excluding hydrogens is 362 g/mol. The molecule has 0 aliphatic rings. The van der Waals surface area contributed by atoms with Crippen LogP contribution in [-0.4, -0.2) is 37.5 Å². The standard InChI is InChI=1S/C21H19NO6/c1-22(12-14-7-3-5-9-17(14)26-2)20(24)13-27-21(25)19-11-16(23)15-8-4-6-10-18(15)28-19/h3-11H,12-13H2,1-2H3. The van der Waals surface area contributed by atoms with Gasteiger partial charge in [-0.25, -0.2) is 4.79 Å². The van der Waals surface area contributed by atoms with Crippen molar-refractivity contribution in [1.82, 2.24) is 4.90 Å². The molecule has 2 aromatic carbocycles. The number of amides is 1. The number of fused-ring (bicyclic) bond motifs is 1. The fourth-order valence-electron chi connectivity index (χ4n) is 2.69. The first-order valence-electron chi connectivity index (χ1n) is 8.55. The van der Waals surface area contributed by atoms with Gasteiger partial charge in [-0.1, -0.05) is 30.3 Å². The molecule has 0 N–H and O–H groups in total. The van der Waals surface area contributed by atoms with Crippen LogP contribution in [0.5, 0.6) is 5.75 Å². The second-order valence-corrected chi connectivity index (χ2v) is 6.11. The van der Waals surface area contributed by atoms with Crippen LogP contribution in [0.3, 0.4) is 0 Å². The summed E-state index contributed by atoms with van der Waals surface area (Å²) in [7, 11) is 3.15. The van der Waals surface area contributed by atoms with Gasteiger partial charge in [0, 0.05) is 25.2 Å². The lowest BCUT2D eigenvalue weighted by atomic mass is 10.2. The first kappa shape index (κ1) is 19.2. The molecule has 144 valence electrons. The Hall–Kier alpha value is -3.61. The number of nitrogens with zero attached hydrogens (tertiary/aromatic N) is 1. The molecule has 0 aliphatic heterocycles. The SMILES string of the molecule is COc1ccccc1CN(C)C(=O)COC(=O)c1cc(=O)c2ccccc2o1. The maximum absolute atomic E-state index is 12.3. The average Bonchev–Trinajstić information content (AvgIpc) is 2.72. The number of benzene rings is 2. The molecule has 0 spiro atoms. The Bertz CT molecular complexity index is 1070. The number of carbonyl (C=O) groups excluding carboxylic acids is 2. The van der Waals surface area contributed by atoms with E-state index in [1.807, 2.05) is 18.2 Å². The third-order valence-corrected chi connectivity index (χ3v) is 4.19. The number of para-hydroxylation sites is 2. The van der Waals surface area contributed by atoms with Crippen LogP contribution in [0.1, 0.15) is 16.1 Å². The van der Waals surface area contributed by atoms with Gasteiger partial charge < -0.3 is 18.8 Å². The zero-order chi connectivity index (χ0) is 20.1. The van der Waals surface area contributed by atoms with Gasteiger partial charge >= 0.3 is 5.97 Å². The molecule has 0 atom stereocenters. The number of ether oxygens (including phenoxy) is 2. The average molecular weight is 381 g/mol. The predicted molar refractivity (Wildman–Crippen MR) is 102 cm³/mol. The summed E-state index contributed by atoms with van der Waals surface area (Å²) in [6.45, 7) is -0.174. The van der Waals surface area contributed by atoms with Crippen LogP contribution in [0.15, 0.2) is 63.8 Å². The van der Waals surface area contributed by atoms with Gasteiger partial charge in [-0.2, -0.15) is 0 Å². The highest BCUT2D eigenvalue weighted by Gasteiger charge is 2.18. The van der Waals surface area contributed by atoms with Gasteiger partial charge in [0.25, 0.3) is 5.91 Å². The van der Waals surface area contributed by atoms with Crippen molar-refractivity contribution in [3.8, 4) is 5.75 Å².